The summed E-state index contributed by atoms with van der Waals surface area (Å²) in [6.45, 7) is 6.41. The molecule has 0 saturated heterocycles. The molecule has 0 bridgehead atoms. The molecule has 0 radical (unpaired) electrons. The summed E-state index contributed by atoms with van der Waals surface area (Å²) in [6, 6.07) is 8.87. The molecule has 0 aliphatic rings. The van der Waals surface area contributed by atoms with Crippen molar-refractivity contribution in [3.05, 3.63) is 137 Å². The summed E-state index contributed by atoms with van der Waals surface area (Å²) in [4.78, 5) is 52.1. The molecule has 5 aromatic heterocycles. The van der Waals surface area contributed by atoms with Crippen LogP contribution in [0.3, 0.4) is 0 Å². The van der Waals surface area contributed by atoms with Crippen LogP contribution in [0, 0.1) is 24.5 Å². The third-order valence-corrected chi connectivity index (χ3v) is 12.0. The van der Waals surface area contributed by atoms with Gasteiger partial charge in [0, 0.05) is 57.1 Å². The van der Waals surface area contributed by atoms with Gasteiger partial charge in [-0.05, 0) is 164 Å². The lowest BCUT2D eigenvalue weighted by Crippen LogP contribution is -2.02. The molecule has 0 unspecified atom stereocenters. The van der Waals surface area contributed by atoms with Gasteiger partial charge in [0.2, 0.25) is 0 Å². The molecule has 0 aliphatic carbocycles. The number of aliphatic hydroxyl groups excluding tert-OH is 1. The van der Waals surface area contributed by atoms with Crippen molar-refractivity contribution in [3.63, 3.8) is 0 Å². The number of nitrogens with zero attached hydrogens (tertiary/aromatic N) is 5. The second kappa shape index (κ2) is 27.4. The number of halogens is 7. The Kier molecular flexibility index (Phi) is 25.2. The number of aliphatic hydroxyl groups is 1. The fraction of sp³-hybridized carbons (Fsp3) is 0.222. The number of aryl methyl sites for hydroxylation is 3. The quantitative estimate of drug-likeness (QED) is 0.0742. The van der Waals surface area contributed by atoms with Crippen molar-refractivity contribution in [3.8, 4) is 0 Å². The van der Waals surface area contributed by atoms with Gasteiger partial charge in [-0.3, -0.25) is 19.7 Å². The van der Waals surface area contributed by atoms with Crippen LogP contribution in [-0.2, 0) is 27.4 Å². The van der Waals surface area contributed by atoms with E-state index in [0.717, 1.165) is 56.1 Å². The van der Waals surface area contributed by atoms with E-state index in [9.17, 15) is 14.4 Å². The number of esters is 2. The molecule has 0 atom stereocenters. The van der Waals surface area contributed by atoms with Gasteiger partial charge >= 0.3 is 11.9 Å². The van der Waals surface area contributed by atoms with Crippen LogP contribution in [-0.4, -0.2) is 69.6 Å². The van der Waals surface area contributed by atoms with Gasteiger partial charge in [0.15, 0.2) is 6.29 Å². The minimum atomic E-state index is -0.431. The summed E-state index contributed by atoms with van der Waals surface area (Å²) in [5.74, 6) is -0.806. The molecule has 19 heteroatoms. The van der Waals surface area contributed by atoms with Crippen LogP contribution in [0.4, 0.5) is 0 Å². The highest BCUT2D eigenvalue weighted by Gasteiger charge is 2.09. The van der Waals surface area contributed by atoms with Crippen LogP contribution >= 0.6 is 114 Å². The third-order valence-electron chi connectivity index (χ3n) is 6.27. The number of hydrogen-bond acceptors (Lipinski definition) is 12. The van der Waals surface area contributed by atoms with Gasteiger partial charge in [0.05, 0.1) is 64.6 Å². The minimum absolute atomic E-state index is 0.0475. The summed E-state index contributed by atoms with van der Waals surface area (Å²) >= 11 is 24.1. The van der Waals surface area contributed by atoms with Crippen molar-refractivity contribution < 1.29 is 33.7 Å². The molecular weight excluding hydrogens is 1180 g/mol. The Morgan fingerprint density at radius 2 is 1.13 bits per heavy atom. The Morgan fingerprint density at radius 3 is 1.55 bits per heavy atom. The summed E-state index contributed by atoms with van der Waals surface area (Å²) in [6.07, 6.45) is 8.66. The number of rotatable bonds is 6. The number of aromatic nitrogens is 5. The average Bonchev–Trinajstić information content (AvgIpc) is 3.18. The van der Waals surface area contributed by atoms with Gasteiger partial charge in [-0.15, -0.1) is 0 Å². The standard InChI is InChI=1S/C8H10BrNO.C7H5BrClNO2.C7H5BrINO2.C7H8BrNO.C7H6BrNO/c1-6-8(9)3-7(4-10-6)5-11-2;2*1-12-7(11)4-2-5(8)6(9)10-3-4;2*1-5-7(8)2-6(4-10)3-9-5/h3-4H,5H2,1-2H3;2*2-3H,1H3;2-3,10H,4H2,1H3;2-4H,1H3. The molecule has 12 nitrogen and oxygen atoms in total. The summed E-state index contributed by atoms with van der Waals surface area (Å²) in [5, 5.41) is 9.01. The van der Waals surface area contributed by atoms with Gasteiger partial charge in [0.25, 0.3) is 0 Å². The van der Waals surface area contributed by atoms with E-state index >= 15 is 0 Å². The van der Waals surface area contributed by atoms with Gasteiger partial charge in [-0.1, -0.05) is 11.6 Å². The molecule has 0 aliphatic heterocycles. The summed E-state index contributed by atoms with van der Waals surface area (Å²) in [5.41, 5.74) is 6.17. The summed E-state index contributed by atoms with van der Waals surface area (Å²) in [7, 11) is 4.33. The maximum atomic E-state index is 11.0. The third kappa shape index (κ3) is 19.1. The highest BCUT2D eigenvalue weighted by atomic mass is 127. The fourth-order valence-corrected chi connectivity index (χ4v) is 5.57. The number of ether oxygens (including phenoxy) is 3. The van der Waals surface area contributed by atoms with Crippen molar-refractivity contribution in [1.29, 1.82) is 0 Å². The number of carbonyl (C=O) groups is 3. The van der Waals surface area contributed by atoms with Crippen LogP contribution in [0.2, 0.25) is 5.15 Å². The van der Waals surface area contributed by atoms with Crippen LogP contribution in [0.5, 0.6) is 0 Å². The first-order valence-corrected chi connectivity index (χ1v) is 20.6. The molecule has 0 fully saturated rings. The van der Waals surface area contributed by atoms with E-state index in [1.54, 1.807) is 37.7 Å². The molecule has 5 aromatic rings. The molecule has 55 heavy (non-hydrogen) atoms. The predicted octanol–water partition coefficient (Wildman–Crippen LogP) is 10.4. The van der Waals surface area contributed by atoms with E-state index in [-0.39, 0.29) is 12.6 Å². The first-order valence-electron chi connectivity index (χ1n) is 15.2. The largest absolute Gasteiger partial charge is 0.465 e. The number of carbonyl (C=O) groups excluding carboxylic acids is 3. The van der Waals surface area contributed by atoms with E-state index in [1.807, 2.05) is 39.1 Å². The Balaban J connectivity index is 0.000000344. The Morgan fingerprint density at radius 1 is 0.673 bits per heavy atom. The average molecular weight is 1210 g/mol. The van der Waals surface area contributed by atoms with Gasteiger partial charge in [0.1, 0.15) is 8.85 Å². The van der Waals surface area contributed by atoms with Crippen LogP contribution in [0.1, 0.15) is 59.3 Å². The summed E-state index contributed by atoms with van der Waals surface area (Å²) < 4.78 is 19.0. The zero-order valence-electron chi connectivity index (χ0n) is 30.0. The lowest BCUT2D eigenvalue weighted by atomic mass is 10.3. The molecule has 294 valence electrons. The lowest BCUT2D eigenvalue weighted by molar-refractivity contribution is 0.0591. The maximum Gasteiger partial charge on any atom is 0.339 e. The van der Waals surface area contributed by atoms with Crippen molar-refractivity contribution in [2.24, 2.45) is 0 Å². The molecule has 0 saturated carbocycles. The highest BCUT2D eigenvalue weighted by Crippen LogP contribution is 2.21. The van der Waals surface area contributed by atoms with E-state index < -0.39 is 5.97 Å². The van der Waals surface area contributed by atoms with Crippen molar-refractivity contribution >= 4 is 132 Å². The zero-order valence-corrected chi connectivity index (χ0v) is 40.9. The molecule has 0 spiro atoms. The number of aldehydes is 1. The molecule has 5 rings (SSSR count). The molecule has 0 aromatic carbocycles. The topological polar surface area (TPSA) is 164 Å². The van der Waals surface area contributed by atoms with E-state index in [4.69, 9.17) is 21.4 Å². The van der Waals surface area contributed by atoms with Gasteiger partial charge in [-0.25, -0.2) is 19.6 Å². The second-order valence-corrected chi connectivity index (χ2v) is 16.0. The first kappa shape index (κ1) is 50.7. The van der Waals surface area contributed by atoms with E-state index in [2.05, 4.69) is 137 Å². The normalized spacial score (nSPS) is 9.71. The van der Waals surface area contributed by atoms with Crippen molar-refractivity contribution in [1.82, 2.24) is 24.9 Å². The molecular formula is C36H34Br5ClIN5O7. The van der Waals surface area contributed by atoms with E-state index in [1.165, 1.54) is 26.6 Å². The monoisotopic (exact) mass is 1200 g/mol. The van der Waals surface area contributed by atoms with Crippen LogP contribution < -0.4 is 0 Å². The van der Waals surface area contributed by atoms with Crippen LogP contribution in [0.15, 0.2) is 83.7 Å². The smallest absolute Gasteiger partial charge is 0.339 e. The Labute approximate surface area is 379 Å². The van der Waals surface area contributed by atoms with Gasteiger partial charge in [-0.2, -0.15) is 0 Å². The van der Waals surface area contributed by atoms with Crippen molar-refractivity contribution in [2.75, 3.05) is 21.3 Å². The number of hydrogen-bond donors (Lipinski definition) is 1. The Bertz CT molecular complexity index is 1990. The molecule has 5 heterocycles. The number of methoxy groups -OCH3 is 3. The Hall–Kier alpha value is -2.30. The second-order valence-electron chi connectivity index (χ2n) is 10.3. The molecule has 0 amide bonds. The first-order chi connectivity index (χ1) is 26.0. The van der Waals surface area contributed by atoms with Crippen LogP contribution in [0.25, 0.3) is 0 Å². The lowest BCUT2D eigenvalue weighted by Gasteiger charge is -2.01. The highest BCUT2D eigenvalue weighted by molar-refractivity contribution is 14.1. The predicted molar refractivity (Wildman–Crippen MR) is 236 cm³/mol. The van der Waals surface area contributed by atoms with Gasteiger partial charge < -0.3 is 19.3 Å². The molecule has 1 N–H and O–H groups in total. The maximum absolute atomic E-state index is 11.0. The fourth-order valence-electron chi connectivity index (χ4n) is 3.31. The SMILES string of the molecule is COC(=O)c1cnc(Cl)c(Br)c1.COC(=O)c1cnc(I)c(Br)c1.COCc1cnc(C)c(Br)c1.Cc1ncc(C=O)cc1Br.Cc1ncc(CO)cc1Br. The zero-order chi connectivity index (χ0) is 41.7. The minimum Gasteiger partial charge on any atom is -0.465 e. The number of pyridine rings is 5. The van der Waals surface area contributed by atoms with E-state index in [0.29, 0.717) is 32.9 Å². The van der Waals surface area contributed by atoms with Crippen molar-refractivity contribution in [2.45, 2.75) is 34.0 Å².